The first-order chi connectivity index (χ1) is 13.1. The molecule has 6 nitrogen and oxygen atoms in total. The Morgan fingerprint density at radius 3 is 2.67 bits per heavy atom. The number of carbonyl (C=O) groups excluding carboxylic acids is 1. The molecule has 0 radical (unpaired) electrons. The van der Waals surface area contributed by atoms with Gasteiger partial charge in [-0.15, -0.1) is 0 Å². The minimum absolute atomic E-state index is 0.0281. The molecule has 2 aromatic heterocycles. The maximum atomic E-state index is 12.9. The second kappa shape index (κ2) is 7.87. The lowest BCUT2D eigenvalue weighted by Crippen LogP contribution is -2.46. The van der Waals surface area contributed by atoms with Crippen LogP contribution in [-0.4, -0.2) is 35.0 Å². The van der Waals surface area contributed by atoms with Gasteiger partial charge in [0.05, 0.1) is 11.3 Å². The number of furan rings is 1. The van der Waals surface area contributed by atoms with Crippen molar-refractivity contribution in [2.75, 3.05) is 18.0 Å². The molecule has 1 amide bonds. The van der Waals surface area contributed by atoms with E-state index < -0.39 is 0 Å². The molecule has 1 N–H and O–H groups in total. The normalized spacial score (nSPS) is 22.0. The second-order valence-electron chi connectivity index (χ2n) is 8.14. The number of carbonyl (C=O) groups is 1. The van der Waals surface area contributed by atoms with Crippen LogP contribution in [0, 0.1) is 19.8 Å². The summed E-state index contributed by atoms with van der Waals surface area (Å²) >= 11 is 0. The lowest BCUT2D eigenvalue weighted by atomic mass is 9.96. The third kappa shape index (κ3) is 3.80. The number of aryl methyl sites for hydroxylation is 2. The largest absolute Gasteiger partial charge is 0.443 e. The number of nitrogens with one attached hydrogen (secondary N) is 1. The third-order valence-corrected chi connectivity index (χ3v) is 6.24. The van der Waals surface area contributed by atoms with E-state index in [1.165, 1.54) is 25.7 Å². The zero-order valence-electron chi connectivity index (χ0n) is 16.5. The van der Waals surface area contributed by atoms with Gasteiger partial charge in [-0.25, -0.2) is 9.97 Å². The molecule has 1 aliphatic carbocycles. The molecule has 0 aromatic carbocycles. The Bertz CT molecular complexity index is 808. The smallest absolute Gasteiger partial charge is 0.231 e. The van der Waals surface area contributed by atoms with Crippen LogP contribution in [0.25, 0.3) is 11.1 Å². The van der Waals surface area contributed by atoms with E-state index >= 15 is 0 Å². The highest BCUT2D eigenvalue weighted by molar-refractivity contribution is 5.90. The zero-order valence-corrected chi connectivity index (χ0v) is 16.5. The maximum Gasteiger partial charge on any atom is 0.231 e. The summed E-state index contributed by atoms with van der Waals surface area (Å²) in [5.41, 5.74) is 1.73. The van der Waals surface area contributed by atoms with Crippen molar-refractivity contribution in [1.82, 2.24) is 15.3 Å². The highest BCUT2D eigenvalue weighted by atomic mass is 16.3. The molecule has 6 heteroatoms. The summed E-state index contributed by atoms with van der Waals surface area (Å²) in [5, 5.41) is 4.32. The van der Waals surface area contributed by atoms with Crippen LogP contribution in [0.4, 0.5) is 5.82 Å². The molecule has 0 spiro atoms. The van der Waals surface area contributed by atoms with Gasteiger partial charge in [-0.2, -0.15) is 0 Å². The van der Waals surface area contributed by atoms with E-state index in [2.05, 4.69) is 20.2 Å². The molecule has 1 saturated carbocycles. The number of rotatable bonds is 3. The number of nitrogens with zero attached hydrogens (tertiary/aromatic N) is 3. The van der Waals surface area contributed by atoms with Gasteiger partial charge in [-0.05, 0) is 39.5 Å². The van der Waals surface area contributed by atoms with E-state index in [-0.39, 0.29) is 11.8 Å². The molecule has 27 heavy (non-hydrogen) atoms. The second-order valence-corrected chi connectivity index (χ2v) is 8.14. The van der Waals surface area contributed by atoms with Gasteiger partial charge < -0.3 is 14.6 Å². The van der Waals surface area contributed by atoms with Crippen molar-refractivity contribution in [2.45, 2.75) is 71.3 Å². The first-order valence-electron chi connectivity index (χ1n) is 10.4. The fourth-order valence-corrected chi connectivity index (χ4v) is 4.53. The highest BCUT2D eigenvalue weighted by Crippen LogP contribution is 2.32. The van der Waals surface area contributed by atoms with Crippen LogP contribution in [0.3, 0.4) is 0 Å². The topological polar surface area (TPSA) is 71.3 Å². The number of aromatic nitrogens is 2. The molecule has 2 fully saturated rings. The maximum absolute atomic E-state index is 12.9. The molecular formula is C21H30N4O2. The van der Waals surface area contributed by atoms with E-state index in [1.54, 1.807) is 6.33 Å². The summed E-state index contributed by atoms with van der Waals surface area (Å²) < 4.78 is 5.76. The Morgan fingerprint density at radius 1 is 1.11 bits per heavy atom. The van der Waals surface area contributed by atoms with Crippen LogP contribution in [-0.2, 0) is 4.79 Å². The van der Waals surface area contributed by atoms with Crippen molar-refractivity contribution in [2.24, 2.45) is 5.92 Å². The monoisotopic (exact) mass is 370 g/mol. The molecule has 2 aromatic rings. The van der Waals surface area contributed by atoms with E-state index in [1.807, 2.05) is 13.8 Å². The average molecular weight is 370 g/mol. The van der Waals surface area contributed by atoms with Gasteiger partial charge in [-0.1, -0.05) is 25.7 Å². The lowest BCUT2D eigenvalue weighted by Gasteiger charge is -2.34. The molecular weight excluding hydrogens is 340 g/mol. The van der Waals surface area contributed by atoms with Crippen molar-refractivity contribution < 1.29 is 9.21 Å². The standard InChI is InChI=1S/C21H30N4O2/c1-14-15(2)27-21-18(14)19(22-13-23-21)25-11-7-8-16(12-25)20(26)24-17-9-5-3-4-6-10-17/h13,16-17H,3-12H2,1-2H3,(H,24,26). The van der Waals surface area contributed by atoms with Gasteiger partial charge in [0, 0.05) is 24.7 Å². The molecule has 2 aliphatic rings. The Labute approximate surface area is 160 Å². The summed E-state index contributed by atoms with van der Waals surface area (Å²) in [5.74, 6) is 2.03. The fourth-order valence-electron chi connectivity index (χ4n) is 4.53. The SMILES string of the molecule is Cc1oc2ncnc(N3CCCC(C(=O)NC4CCCCCC4)C3)c2c1C. The fraction of sp³-hybridized carbons (Fsp3) is 0.667. The molecule has 0 bridgehead atoms. The molecule has 1 saturated heterocycles. The molecule has 1 atom stereocenters. The minimum atomic E-state index is 0.0281. The Kier molecular flexibility index (Phi) is 5.32. The van der Waals surface area contributed by atoms with E-state index in [4.69, 9.17) is 4.42 Å². The van der Waals surface area contributed by atoms with Gasteiger partial charge in [0.1, 0.15) is 17.9 Å². The van der Waals surface area contributed by atoms with Gasteiger partial charge in [0.15, 0.2) is 0 Å². The number of fused-ring (bicyclic) bond motifs is 1. The van der Waals surface area contributed by atoms with Crippen molar-refractivity contribution in [3.63, 3.8) is 0 Å². The number of piperidine rings is 1. The summed E-state index contributed by atoms with van der Waals surface area (Å²) in [7, 11) is 0. The van der Waals surface area contributed by atoms with Gasteiger partial charge >= 0.3 is 0 Å². The number of hydrogen-bond acceptors (Lipinski definition) is 5. The summed E-state index contributed by atoms with van der Waals surface area (Å²) in [6.07, 6.45) is 10.9. The van der Waals surface area contributed by atoms with Crippen LogP contribution >= 0.6 is 0 Å². The van der Waals surface area contributed by atoms with Crippen LogP contribution in [0.1, 0.15) is 62.7 Å². The molecule has 3 heterocycles. The van der Waals surface area contributed by atoms with Gasteiger partial charge in [0.2, 0.25) is 11.6 Å². The summed E-state index contributed by atoms with van der Waals surface area (Å²) in [4.78, 5) is 24.0. The van der Waals surface area contributed by atoms with Crippen molar-refractivity contribution in [1.29, 1.82) is 0 Å². The Morgan fingerprint density at radius 2 is 1.89 bits per heavy atom. The van der Waals surface area contributed by atoms with Crippen molar-refractivity contribution >= 4 is 22.8 Å². The highest BCUT2D eigenvalue weighted by Gasteiger charge is 2.29. The minimum Gasteiger partial charge on any atom is -0.443 e. The van der Waals surface area contributed by atoms with Crippen molar-refractivity contribution in [3.8, 4) is 0 Å². The molecule has 1 aliphatic heterocycles. The quantitative estimate of drug-likeness (QED) is 0.830. The van der Waals surface area contributed by atoms with E-state index in [0.29, 0.717) is 18.3 Å². The van der Waals surface area contributed by atoms with Crippen LogP contribution < -0.4 is 10.2 Å². The predicted molar refractivity (Wildman–Crippen MR) is 106 cm³/mol. The van der Waals surface area contributed by atoms with Gasteiger partial charge in [0.25, 0.3) is 0 Å². The van der Waals surface area contributed by atoms with Crippen LogP contribution in [0.15, 0.2) is 10.7 Å². The van der Waals surface area contributed by atoms with Crippen LogP contribution in [0.2, 0.25) is 0 Å². The van der Waals surface area contributed by atoms with Gasteiger partial charge in [-0.3, -0.25) is 4.79 Å². The predicted octanol–water partition coefficient (Wildman–Crippen LogP) is 3.90. The summed E-state index contributed by atoms with van der Waals surface area (Å²) in [6, 6.07) is 0.361. The van der Waals surface area contributed by atoms with E-state index in [0.717, 1.165) is 54.8 Å². The number of anilines is 1. The molecule has 4 rings (SSSR count). The average Bonchev–Trinajstić information content (AvgIpc) is 2.85. The number of hydrogen-bond donors (Lipinski definition) is 1. The first-order valence-corrected chi connectivity index (χ1v) is 10.4. The first kappa shape index (κ1) is 18.3. The van der Waals surface area contributed by atoms with Crippen LogP contribution in [0.5, 0.6) is 0 Å². The third-order valence-electron chi connectivity index (χ3n) is 6.24. The Hall–Kier alpha value is -2.11. The molecule has 1 unspecified atom stereocenters. The van der Waals surface area contributed by atoms with E-state index in [9.17, 15) is 4.79 Å². The van der Waals surface area contributed by atoms with Crippen molar-refractivity contribution in [3.05, 3.63) is 17.7 Å². The number of amides is 1. The lowest BCUT2D eigenvalue weighted by molar-refractivity contribution is -0.126. The molecule has 146 valence electrons. The Balaban J connectivity index is 1.49. The summed E-state index contributed by atoms with van der Waals surface area (Å²) in [6.45, 7) is 5.64. The zero-order chi connectivity index (χ0) is 18.8.